The minimum atomic E-state index is 0.552. The van der Waals surface area contributed by atoms with Crippen molar-refractivity contribution in [2.24, 2.45) is 11.7 Å². The Labute approximate surface area is 247 Å². The maximum absolute atomic E-state index is 5.72. The van der Waals surface area contributed by atoms with Gasteiger partial charge in [-0.3, -0.25) is 0 Å². The van der Waals surface area contributed by atoms with Crippen LogP contribution >= 0.6 is 0 Å². The van der Waals surface area contributed by atoms with Crippen molar-refractivity contribution in [3.63, 3.8) is 0 Å². The lowest BCUT2D eigenvalue weighted by molar-refractivity contribution is 1.02. The summed E-state index contributed by atoms with van der Waals surface area (Å²) < 4.78 is 0. The van der Waals surface area contributed by atoms with Crippen molar-refractivity contribution < 1.29 is 0 Å². The van der Waals surface area contributed by atoms with Crippen molar-refractivity contribution >= 4 is 17.2 Å². The standard InChI is InChI=1S/C19H17N3.C10H16.4C2H6/c1-14(20)16-8-5-9-18(12-16)22-19-11-10-17(13-21-19)15-6-3-2-4-7-15;1-3-5-9(6-4-2)10-7-8-10;4*1-2/h2-13H,1,20H2,(H,21,22);3,5-6,10H,4,7-8H2,1-2H3;4*1-2H3/b;5-3-,9-6+;;;;. The Balaban J connectivity index is 0. The highest BCUT2D eigenvalue weighted by Crippen LogP contribution is 2.37. The summed E-state index contributed by atoms with van der Waals surface area (Å²) in [6.07, 6.45) is 12.6. The molecule has 3 N–H and O–H groups in total. The summed E-state index contributed by atoms with van der Waals surface area (Å²) >= 11 is 0. The number of rotatable bonds is 7. The first-order valence-corrected chi connectivity index (χ1v) is 15.3. The Morgan fingerprint density at radius 3 is 1.98 bits per heavy atom. The number of nitrogens with zero attached hydrogens (tertiary/aromatic N) is 1. The molecular formula is C37H57N3. The smallest absolute Gasteiger partial charge is 0.130 e. The van der Waals surface area contributed by atoms with Crippen molar-refractivity contribution in [1.82, 2.24) is 4.98 Å². The molecule has 4 rings (SSSR count). The summed E-state index contributed by atoms with van der Waals surface area (Å²) in [5.41, 5.74) is 11.9. The van der Waals surface area contributed by atoms with Crippen LogP contribution in [0.1, 0.15) is 94.1 Å². The lowest BCUT2D eigenvalue weighted by Gasteiger charge is -2.08. The molecule has 1 aliphatic carbocycles. The van der Waals surface area contributed by atoms with E-state index < -0.39 is 0 Å². The maximum atomic E-state index is 5.72. The van der Waals surface area contributed by atoms with Gasteiger partial charge in [-0.1, -0.05) is 130 Å². The average Bonchev–Trinajstić information content (AvgIpc) is 3.88. The van der Waals surface area contributed by atoms with Gasteiger partial charge in [-0.05, 0) is 73.1 Å². The van der Waals surface area contributed by atoms with Crippen molar-refractivity contribution in [3.8, 4) is 11.1 Å². The number of nitrogens with two attached hydrogens (primary N) is 1. The van der Waals surface area contributed by atoms with Crippen molar-refractivity contribution in [1.29, 1.82) is 0 Å². The predicted octanol–water partition coefficient (Wildman–Crippen LogP) is 11.8. The molecule has 1 aliphatic rings. The predicted molar refractivity (Wildman–Crippen MR) is 184 cm³/mol. The second kappa shape index (κ2) is 25.7. The zero-order valence-electron chi connectivity index (χ0n) is 27.1. The third kappa shape index (κ3) is 15.7. The van der Waals surface area contributed by atoms with E-state index in [2.05, 4.69) is 67.2 Å². The molecule has 0 atom stereocenters. The molecule has 0 spiro atoms. The molecule has 3 aromatic rings. The molecule has 1 heterocycles. The zero-order valence-corrected chi connectivity index (χ0v) is 27.1. The maximum Gasteiger partial charge on any atom is 0.130 e. The fourth-order valence-electron chi connectivity index (χ4n) is 3.43. The topological polar surface area (TPSA) is 50.9 Å². The van der Waals surface area contributed by atoms with Crippen LogP contribution in [0.15, 0.2) is 103 Å². The largest absolute Gasteiger partial charge is 0.399 e. The highest BCUT2D eigenvalue weighted by Gasteiger charge is 2.23. The SMILES string of the molecule is C/C=C\C(=C/CC)C1CC1.C=C(N)c1cccc(Nc2ccc(-c3ccccc3)cn2)c1.CC.CC.CC.CC. The van der Waals surface area contributed by atoms with Crippen LogP contribution in [-0.2, 0) is 0 Å². The van der Waals surface area contributed by atoms with E-state index in [4.69, 9.17) is 5.73 Å². The molecule has 0 amide bonds. The van der Waals surface area contributed by atoms with E-state index >= 15 is 0 Å². The molecule has 0 unspecified atom stereocenters. The van der Waals surface area contributed by atoms with Crippen LogP contribution in [0.3, 0.4) is 0 Å². The van der Waals surface area contributed by atoms with Crippen LogP contribution in [-0.4, -0.2) is 4.98 Å². The van der Waals surface area contributed by atoms with Crippen LogP contribution in [0.25, 0.3) is 16.8 Å². The lowest BCUT2D eigenvalue weighted by atomic mass is 10.1. The summed E-state index contributed by atoms with van der Waals surface area (Å²) in [4.78, 5) is 4.46. The second-order valence-corrected chi connectivity index (χ2v) is 7.92. The fourth-order valence-corrected chi connectivity index (χ4v) is 3.43. The molecule has 220 valence electrons. The van der Waals surface area contributed by atoms with Gasteiger partial charge in [0, 0.05) is 23.1 Å². The number of nitrogens with one attached hydrogen (secondary N) is 1. The number of hydrogen-bond acceptors (Lipinski definition) is 3. The third-order valence-electron chi connectivity index (χ3n) is 5.22. The summed E-state index contributed by atoms with van der Waals surface area (Å²) in [5, 5.41) is 3.27. The quantitative estimate of drug-likeness (QED) is 0.291. The first-order chi connectivity index (χ1) is 19.6. The van der Waals surface area contributed by atoms with Gasteiger partial charge >= 0.3 is 0 Å². The number of pyridine rings is 1. The summed E-state index contributed by atoms with van der Waals surface area (Å²) in [6, 6.07) is 22.0. The van der Waals surface area contributed by atoms with Gasteiger partial charge in [0.05, 0.1) is 0 Å². The van der Waals surface area contributed by atoms with Crippen molar-refractivity contribution in [2.45, 2.75) is 88.5 Å². The third-order valence-corrected chi connectivity index (χ3v) is 5.22. The van der Waals surface area contributed by atoms with Gasteiger partial charge in [0.25, 0.3) is 0 Å². The van der Waals surface area contributed by atoms with E-state index in [0.717, 1.165) is 34.1 Å². The molecule has 0 saturated heterocycles. The van der Waals surface area contributed by atoms with Gasteiger partial charge in [0.1, 0.15) is 5.82 Å². The van der Waals surface area contributed by atoms with Gasteiger partial charge in [0.15, 0.2) is 0 Å². The second-order valence-electron chi connectivity index (χ2n) is 7.92. The first-order valence-electron chi connectivity index (χ1n) is 15.3. The first kappa shape index (κ1) is 38.6. The van der Waals surface area contributed by atoms with E-state index in [1.165, 1.54) is 19.3 Å². The van der Waals surface area contributed by atoms with Gasteiger partial charge in [-0.25, -0.2) is 4.98 Å². The molecular weight excluding hydrogens is 486 g/mol. The van der Waals surface area contributed by atoms with Crippen LogP contribution in [0.5, 0.6) is 0 Å². The van der Waals surface area contributed by atoms with Gasteiger partial charge in [0.2, 0.25) is 0 Å². The fraction of sp³-hybridized carbons (Fsp3) is 0.378. The minimum Gasteiger partial charge on any atom is -0.399 e. The summed E-state index contributed by atoms with van der Waals surface area (Å²) in [7, 11) is 0. The Kier molecular flexibility index (Phi) is 24.7. The van der Waals surface area contributed by atoms with Crippen molar-refractivity contribution in [2.75, 3.05) is 5.32 Å². The van der Waals surface area contributed by atoms with Crippen LogP contribution in [0.4, 0.5) is 11.5 Å². The lowest BCUT2D eigenvalue weighted by Crippen LogP contribution is -1.97. The number of anilines is 2. The van der Waals surface area contributed by atoms with E-state index in [0.29, 0.717) is 5.70 Å². The summed E-state index contributed by atoms with van der Waals surface area (Å²) in [6.45, 7) is 24.0. The molecule has 3 nitrogen and oxygen atoms in total. The van der Waals surface area contributed by atoms with E-state index in [-0.39, 0.29) is 0 Å². The van der Waals surface area contributed by atoms with Crippen LogP contribution in [0.2, 0.25) is 0 Å². The molecule has 1 fully saturated rings. The molecule has 0 aliphatic heterocycles. The van der Waals surface area contributed by atoms with Gasteiger partial charge in [-0.2, -0.15) is 0 Å². The molecule has 2 aromatic carbocycles. The number of aromatic nitrogens is 1. The molecule has 1 saturated carbocycles. The minimum absolute atomic E-state index is 0.552. The number of benzene rings is 2. The molecule has 40 heavy (non-hydrogen) atoms. The monoisotopic (exact) mass is 543 g/mol. The Morgan fingerprint density at radius 2 is 1.50 bits per heavy atom. The Morgan fingerprint density at radius 1 is 0.875 bits per heavy atom. The Bertz CT molecular complexity index is 1060. The normalized spacial score (nSPS) is 11.3. The van der Waals surface area contributed by atoms with Gasteiger partial charge < -0.3 is 11.1 Å². The van der Waals surface area contributed by atoms with E-state index in [1.54, 1.807) is 5.57 Å². The Hall–Kier alpha value is -3.59. The molecule has 1 aromatic heterocycles. The van der Waals surface area contributed by atoms with Crippen LogP contribution < -0.4 is 11.1 Å². The number of hydrogen-bond donors (Lipinski definition) is 2. The number of allylic oxidation sites excluding steroid dienone is 4. The molecule has 0 radical (unpaired) electrons. The zero-order chi connectivity index (χ0) is 30.8. The highest BCUT2D eigenvalue weighted by molar-refractivity contribution is 5.68. The average molecular weight is 544 g/mol. The molecule has 0 bridgehead atoms. The van der Waals surface area contributed by atoms with Crippen molar-refractivity contribution in [3.05, 3.63) is 109 Å². The van der Waals surface area contributed by atoms with E-state index in [9.17, 15) is 0 Å². The highest BCUT2D eigenvalue weighted by atomic mass is 15.0. The molecule has 3 heteroatoms. The van der Waals surface area contributed by atoms with Gasteiger partial charge in [-0.15, -0.1) is 0 Å². The van der Waals surface area contributed by atoms with Crippen LogP contribution in [0, 0.1) is 5.92 Å². The van der Waals surface area contributed by atoms with E-state index in [1.807, 2.05) is 110 Å². The summed E-state index contributed by atoms with van der Waals surface area (Å²) in [5.74, 6) is 1.70.